The van der Waals surface area contributed by atoms with E-state index in [9.17, 15) is 25.2 Å². The van der Waals surface area contributed by atoms with Crippen molar-refractivity contribution in [2.75, 3.05) is 6.61 Å². The first-order valence-electron chi connectivity index (χ1n) is 13.0. The minimum atomic E-state index is -1.50. The number of aliphatic hydroxyl groups is 4. The van der Waals surface area contributed by atoms with Gasteiger partial charge in [0.1, 0.15) is 30.2 Å². The van der Waals surface area contributed by atoms with Gasteiger partial charge in [-0.05, 0) is 80.5 Å². The summed E-state index contributed by atoms with van der Waals surface area (Å²) in [6, 6.07) is 0. The number of Topliss-reactive ketones (excluding diaryl/α,β-unsaturated/α-hetero) is 1. The number of aliphatic hydroxyl groups excluding tert-OH is 4. The van der Waals surface area contributed by atoms with Gasteiger partial charge in [0.05, 0.1) is 14.1 Å². The van der Waals surface area contributed by atoms with Gasteiger partial charge in [0, 0.05) is 11.8 Å². The monoisotopic (exact) mass is 453 g/mol. The van der Waals surface area contributed by atoms with Crippen LogP contribution in [0, 0.1) is 34.5 Å². The molecule has 0 aromatic rings. The maximum Gasteiger partial charge on any atom is 0.186 e. The smallest absolute Gasteiger partial charge is 0.186 e. The van der Waals surface area contributed by atoms with Crippen molar-refractivity contribution in [3.05, 3.63) is 0 Å². The Morgan fingerprint density at radius 1 is 1.03 bits per heavy atom. The lowest BCUT2D eigenvalue weighted by Gasteiger charge is -2.60. The van der Waals surface area contributed by atoms with Crippen molar-refractivity contribution in [2.24, 2.45) is 34.5 Å². The Labute approximate surface area is 191 Å². The van der Waals surface area contributed by atoms with Gasteiger partial charge in [-0.2, -0.15) is 0 Å². The second-order valence-electron chi connectivity index (χ2n) is 11.6. The van der Waals surface area contributed by atoms with Crippen molar-refractivity contribution in [2.45, 2.75) is 108 Å². The highest BCUT2D eigenvalue weighted by molar-refractivity contribution is 5.87. The van der Waals surface area contributed by atoms with E-state index in [-0.39, 0.29) is 10.8 Å². The highest BCUT2D eigenvalue weighted by Gasteiger charge is 2.60. The van der Waals surface area contributed by atoms with Crippen LogP contribution in [0.5, 0.6) is 0 Å². The van der Waals surface area contributed by atoms with Crippen LogP contribution in [-0.2, 0) is 14.3 Å². The summed E-state index contributed by atoms with van der Waals surface area (Å²) in [7, 11) is 0. The third kappa shape index (κ3) is 3.42. The predicted octanol–water partition coefficient (Wildman–Crippen LogP) is 1.78. The summed E-state index contributed by atoms with van der Waals surface area (Å²) >= 11 is 0. The quantitative estimate of drug-likeness (QED) is 0.481. The number of hydrogen-bond acceptors (Lipinski definition) is 7. The van der Waals surface area contributed by atoms with Gasteiger partial charge in [-0.1, -0.05) is 13.8 Å². The van der Waals surface area contributed by atoms with Crippen molar-refractivity contribution in [3.8, 4) is 0 Å². The molecule has 0 aromatic heterocycles. The van der Waals surface area contributed by atoms with Crippen LogP contribution in [-0.4, -0.2) is 69.6 Å². The van der Waals surface area contributed by atoms with Crippen LogP contribution >= 0.6 is 0 Å². The third-order valence-electron chi connectivity index (χ3n) is 10.3. The van der Waals surface area contributed by atoms with E-state index in [1.165, 1.54) is 0 Å². The molecule has 0 bridgehead atoms. The Bertz CT molecular complexity index is 778. The van der Waals surface area contributed by atoms with Crippen LogP contribution in [0.3, 0.4) is 0 Å². The molecule has 1 aliphatic heterocycles. The molecule has 2 unspecified atom stereocenters. The molecule has 4 N–H and O–H groups in total. The van der Waals surface area contributed by atoms with E-state index in [1.807, 2.05) is 0 Å². The number of carbonyl (C=O) groups excluding carboxylic acids is 1. The van der Waals surface area contributed by atoms with Crippen LogP contribution in [0.2, 0.25) is 0 Å². The molecule has 5 fully saturated rings. The lowest BCUT2D eigenvalue weighted by Crippen LogP contribution is -2.60. The van der Waals surface area contributed by atoms with E-state index in [0.717, 1.165) is 44.9 Å². The Morgan fingerprint density at radius 3 is 2.56 bits per heavy atom. The summed E-state index contributed by atoms with van der Waals surface area (Å²) in [6.45, 7) is 4.06. The Balaban J connectivity index is 1.30. The average molecular weight is 454 g/mol. The predicted molar refractivity (Wildman–Crippen MR) is 115 cm³/mol. The minimum absolute atomic E-state index is 0.110. The van der Waals surface area contributed by atoms with Crippen molar-refractivity contribution in [1.82, 2.24) is 0 Å². The summed E-state index contributed by atoms with van der Waals surface area (Å²) in [5.74, 6) is 2.42. The molecule has 4 saturated carbocycles. The number of ether oxygens (including phenoxy) is 2. The van der Waals surface area contributed by atoms with Crippen LogP contribution in [0.25, 0.3) is 0 Å². The van der Waals surface area contributed by atoms with Gasteiger partial charge in [-0.3, -0.25) is 4.79 Å². The number of ketones is 1. The second kappa shape index (κ2) is 8.28. The second-order valence-corrected chi connectivity index (χ2v) is 11.6. The summed E-state index contributed by atoms with van der Waals surface area (Å²) in [6.07, 6.45) is -0.178. The number of rotatable bonds is 3. The van der Waals surface area contributed by atoms with Gasteiger partial charge in [0.25, 0.3) is 0 Å². The largest absolute Gasteiger partial charge is 0.394 e. The zero-order chi connectivity index (χ0) is 23.8. The first kappa shape index (κ1) is 21.9. The first-order chi connectivity index (χ1) is 15.5. The first-order valence-corrected chi connectivity index (χ1v) is 12.5. The van der Waals surface area contributed by atoms with Gasteiger partial charge < -0.3 is 29.9 Å². The molecule has 0 spiro atoms. The average Bonchev–Trinajstić information content (AvgIpc) is 3.09. The van der Waals surface area contributed by atoms with E-state index >= 15 is 0 Å². The molecule has 32 heavy (non-hydrogen) atoms. The van der Waals surface area contributed by atoms with E-state index in [0.29, 0.717) is 42.3 Å². The van der Waals surface area contributed by atoms with Gasteiger partial charge in [-0.25, -0.2) is 0 Å². The molecular weight excluding hydrogens is 412 g/mol. The fraction of sp³-hybridized carbons (Fsp3) is 0.960. The molecule has 5 aliphatic rings. The van der Waals surface area contributed by atoms with Gasteiger partial charge in [0.15, 0.2) is 6.29 Å². The maximum atomic E-state index is 12.6. The molecule has 0 amide bonds. The van der Waals surface area contributed by atoms with E-state index < -0.39 is 43.4 Å². The minimum Gasteiger partial charge on any atom is -0.394 e. The Morgan fingerprint density at radius 2 is 1.81 bits per heavy atom. The standard InChI is InChI=1S/C25H40O7/c1-24-9-7-14(31-23-22(30)21(29)20(28)18(12-26)32-23)11-13(24)3-4-15-16-5-6-19(27)25(16,2)10-8-17(15)24/h13-18,20-23,26,28-30H,3-12H2,1-2H3/t13?,14-,15+,16+,17+,18-,20+,21+,22-,23?,24+,25+/m1/s1/i14D. The number of carbonyl (C=O) groups is 1. The maximum absolute atomic E-state index is 12.6. The van der Waals surface area contributed by atoms with Crippen LogP contribution in [0.4, 0.5) is 0 Å². The third-order valence-corrected chi connectivity index (χ3v) is 10.3. The lowest BCUT2D eigenvalue weighted by atomic mass is 9.45. The van der Waals surface area contributed by atoms with Crippen molar-refractivity contribution < 1.29 is 36.1 Å². The van der Waals surface area contributed by atoms with Gasteiger partial charge in [-0.15, -0.1) is 0 Å². The number of fused-ring (bicyclic) bond motifs is 5. The van der Waals surface area contributed by atoms with Crippen molar-refractivity contribution in [1.29, 1.82) is 0 Å². The summed E-state index contributed by atoms with van der Waals surface area (Å²) in [4.78, 5) is 12.6. The fourth-order valence-electron chi connectivity index (χ4n) is 8.25. The summed E-state index contributed by atoms with van der Waals surface area (Å²) < 4.78 is 20.5. The van der Waals surface area contributed by atoms with Crippen molar-refractivity contribution >= 4 is 5.78 Å². The Kier molecular flexibility index (Phi) is 5.67. The van der Waals surface area contributed by atoms with Crippen molar-refractivity contribution in [3.63, 3.8) is 0 Å². The SMILES string of the molecule is [2H][C@@]1(OC2O[C@H](CO)[C@H](O)[C@H](O)[C@H]2O)CC[C@@]2(C)C(CC[C@@H]3[C@@H]2CC[C@]2(C)C(=O)CC[C@@H]32)C1. The Hall–Kier alpha value is -0.570. The lowest BCUT2D eigenvalue weighted by molar-refractivity contribution is -0.316. The zero-order valence-electron chi connectivity index (χ0n) is 20.3. The molecule has 1 saturated heterocycles. The summed E-state index contributed by atoms with van der Waals surface area (Å²) in [5, 5.41) is 40.0. The molecule has 0 radical (unpaired) electrons. The fourth-order valence-corrected chi connectivity index (χ4v) is 8.25. The van der Waals surface area contributed by atoms with E-state index in [2.05, 4.69) is 13.8 Å². The van der Waals surface area contributed by atoms with Gasteiger partial charge >= 0.3 is 0 Å². The molecule has 5 rings (SSSR count). The zero-order valence-corrected chi connectivity index (χ0v) is 19.3. The van der Waals surface area contributed by atoms with Crippen LogP contribution < -0.4 is 0 Å². The molecule has 1 heterocycles. The topological polar surface area (TPSA) is 116 Å². The molecule has 12 atom stereocenters. The van der Waals surface area contributed by atoms with E-state index in [4.69, 9.17) is 10.8 Å². The molecule has 4 aliphatic carbocycles. The molecule has 7 heteroatoms. The molecular formula is C25H40O7. The summed E-state index contributed by atoms with van der Waals surface area (Å²) in [5.41, 5.74) is -0.0242. The molecule has 0 aromatic carbocycles. The van der Waals surface area contributed by atoms with E-state index in [1.54, 1.807) is 0 Å². The number of hydrogen-bond donors (Lipinski definition) is 4. The molecule has 182 valence electrons. The van der Waals surface area contributed by atoms with Crippen LogP contribution in [0.15, 0.2) is 0 Å². The normalized spacial score (nSPS) is 58.5. The molecule has 7 nitrogen and oxygen atoms in total. The van der Waals surface area contributed by atoms with Crippen LogP contribution in [0.1, 0.15) is 73.0 Å². The highest BCUT2D eigenvalue weighted by atomic mass is 16.7. The highest BCUT2D eigenvalue weighted by Crippen LogP contribution is 2.65. The van der Waals surface area contributed by atoms with Gasteiger partial charge in [0.2, 0.25) is 0 Å².